The second-order valence-corrected chi connectivity index (χ2v) is 15.6. The number of nitrogens with zero attached hydrogens (tertiary/aromatic N) is 2. The van der Waals surface area contributed by atoms with E-state index in [1.54, 1.807) is 0 Å². The van der Waals surface area contributed by atoms with Crippen LogP contribution in [0.3, 0.4) is 0 Å². The van der Waals surface area contributed by atoms with Crippen LogP contribution in [0.25, 0.3) is 10.1 Å². The van der Waals surface area contributed by atoms with Gasteiger partial charge in [0, 0.05) is 43.3 Å². The molecule has 3 heterocycles. The van der Waals surface area contributed by atoms with Gasteiger partial charge in [0.15, 0.2) is 0 Å². The third-order valence-corrected chi connectivity index (χ3v) is 11.9. The molecule has 0 amide bonds. The third kappa shape index (κ3) is 3.82. The van der Waals surface area contributed by atoms with Gasteiger partial charge in [0.25, 0.3) is 6.71 Å². The molecule has 0 N–H and O–H groups in total. The summed E-state index contributed by atoms with van der Waals surface area (Å²) in [4.78, 5) is 5.12. The van der Waals surface area contributed by atoms with E-state index in [0.717, 1.165) is 0 Å². The monoisotopic (exact) mass is 600 g/mol. The van der Waals surface area contributed by atoms with Crippen LogP contribution < -0.4 is 25.5 Å². The Kier molecular flexibility index (Phi) is 5.64. The highest BCUT2D eigenvalue weighted by molar-refractivity contribution is 7.33. The van der Waals surface area contributed by atoms with Gasteiger partial charge in [0.1, 0.15) is 0 Å². The van der Waals surface area contributed by atoms with Gasteiger partial charge >= 0.3 is 0 Å². The number of rotatable bonds is 2. The molecule has 0 unspecified atom stereocenters. The maximum Gasteiger partial charge on any atom is 0.264 e. The number of benzene rings is 5. The molecule has 1 aliphatic carbocycles. The average molecular weight is 601 g/mol. The molecule has 2 aliphatic heterocycles. The Bertz CT molecular complexity index is 2140. The molecule has 0 spiro atoms. The quantitative estimate of drug-likeness (QED) is 0.182. The minimum absolute atomic E-state index is 0.125. The van der Waals surface area contributed by atoms with E-state index in [-0.39, 0.29) is 17.5 Å². The number of thiophene rings is 1. The third-order valence-electron chi connectivity index (χ3n) is 10.7. The zero-order valence-electron chi connectivity index (χ0n) is 26.7. The molecule has 3 aliphatic rings. The zero-order valence-corrected chi connectivity index (χ0v) is 27.5. The number of hydrogen-bond donors (Lipinski definition) is 0. The van der Waals surface area contributed by atoms with E-state index >= 15 is 0 Å². The van der Waals surface area contributed by atoms with Gasteiger partial charge in [-0.25, -0.2) is 0 Å². The molecule has 0 fully saturated rings. The van der Waals surface area contributed by atoms with E-state index in [1.165, 1.54) is 89.4 Å². The fourth-order valence-corrected chi connectivity index (χ4v) is 9.64. The van der Waals surface area contributed by atoms with Gasteiger partial charge in [-0.15, -0.1) is 11.3 Å². The van der Waals surface area contributed by atoms with E-state index in [0.29, 0.717) is 0 Å². The first-order valence-electron chi connectivity index (χ1n) is 16.3. The van der Waals surface area contributed by atoms with Crippen LogP contribution >= 0.6 is 11.3 Å². The molecule has 4 heteroatoms. The lowest BCUT2D eigenvalue weighted by Gasteiger charge is -2.47. The van der Waals surface area contributed by atoms with Gasteiger partial charge in [-0.05, 0) is 107 Å². The molecule has 45 heavy (non-hydrogen) atoms. The number of aryl methyl sites for hydroxylation is 1. The smallest absolute Gasteiger partial charge is 0.264 e. The van der Waals surface area contributed by atoms with E-state index < -0.39 is 0 Å². The van der Waals surface area contributed by atoms with E-state index in [9.17, 15) is 0 Å². The van der Waals surface area contributed by atoms with Crippen molar-refractivity contribution in [2.45, 2.75) is 58.3 Å². The SMILES string of the molecule is Cc1cc2c3c(c1)N(c1ccccc1)c1c(sc4ccccc14)B3c1cc3c(cc1N2c1ccccc1)C(C)(C)CCC3(C)C. The van der Waals surface area contributed by atoms with Gasteiger partial charge in [-0.1, -0.05) is 88.4 Å². The predicted molar refractivity (Wildman–Crippen MR) is 196 cm³/mol. The van der Waals surface area contributed by atoms with Crippen LogP contribution in [0.15, 0.2) is 109 Å². The van der Waals surface area contributed by atoms with Gasteiger partial charge in [-0.2, -0.15) is 0 Å². The van der Waals surface area contributed by atoms with E-state index in [1.807, 2.05) is 11.3 Å². The van der Waals surface area contributed by atoms with Crippen molar-refractivity contribution in [1.29, 1.82) is 0 Å². The summed E-state index contributed by atoms with van der Waals surface area (Å²) < 4.78 is 2.79. The second-order valence-electron chi connectivity index (χ2n) is 14.5. The maximum atomic E-state index is 2.63. The number of anilines is 6. The highest BCUT2D eigenvalue weighted by atomic mass is 32.1. The predicted octanol–water partition coefficient (Wildman–Crippen LogP) is 9.64. The summed E-state index contributed by atoms with van der Waals surface area (Å²) in [7, 11) is 0. The normalized spacial score (nSPS) is 17.0. The maximum absolute atomic E-state index is 2.63. The van der Waals surface area contributed by atoms with E-state index in [4.69, 9.17) is 0 Å². The lowest BCUT2D eigenvalue weighted by molar-refractivity contribution is 0.332. The summed E-state index contributed by atoms with van der Waals surface area (Å²) >= 11 is 1.98. The molecule has 0 radical (unpaired) electrons. The molecule has 0 saturated heterocycles. The molecule has 5 aromatic carbocycles. The minimum atomic E-state index is 0.125. The topological polar surface area (TPSA) is 6.48 Å². The van der Waals surface area contributed by atoms with Crippen molar-refractivity contribution in [3.8, 4) is 0 Å². The Hall–Kier alpha value is -4.28. The lowest BCUT2D eigenvalue weighted by atomic mass is 9.35. The molecule has 9 rings (SSSR count). The van der Waals surface area contributed by atoms with Crippen LogP contribution in [-0.2, 0) is 10.8 Å². The van der Waals surface area contributed by atoms with Crippen LogP contribution in [-0.4, -0.2) is 6.71 Å². The molecule has 0 bridgehead atoms. The highest BCUT2D eigenvalue weighted by Crippen LogP contribution is 2.51. The van der Waals surface area contributed by atoms with Crippen LogP contribution in [0, 0.1) is 6.92 Å². The Labute approximate surface area is 271 Å². The van der Waals surface area contributed by atoms with Crippen molar-refractivity contribution in [2.24, 2.45) is 0 Å². The fourth-order valence-electron chi connectivity index (χ4n) is 8.33. The molecular formula is C41H37BN2S. The Balaban J connectivity index is 1.45. The summed E-state index contributed by atoms with van der Waals surface area (Å²) in [6.45, 7) is 12.2. The van der Waals surface area contributed by atoms with Gasteiger partial charge in [0.05, 0.1) is 5.69 Å². The number of fused-ring (bicyclic) bond motifs is 7. The Morgan fingerprint density at radius 2 is 1.18 bits per heavy atom. The molecule has 2 nitrogen and oxygen atoms in total. The summed E-state index contributed by atoms with van der Waals surface area (Å²) in [6.07, 6.45) is 2.41. The molecule has 220 valence electrons. The molecule has 0 atom stereocenters. The number of para-hydroxylation sites is 2. The highest BCUT2D eigenvalue weighted by Gasteiger charge is 2.47. The summed E-state index contributed by atoms with van der Waals surface area (Å²) in [5.74, 6) is 0. The lowest BCUT2D eigenvalue weighted by Crippen LogP contribution is -2.61. The average Bonchev–Trinajstić information content (AvgIpc) is 3.42. The Morgan fingerprint density at radius 3 is 1.84 bits per heavy atom. The van der Waals surface area contributed by atoms with Gasteiger partial charge < -0.3 is 9.80 Å². The van der Waals surface area contributed by atoms with Crippen molar-refractivity contribution in [2.75, 3.05) is 9.80 Å². The second kappa shape index (κ2) is 9.37. The molecule has 1 aromatic heterocycles. The van der Waals surface area contributed by atoms with Crippen LogP contribution in [0.1, 0.15) is 57.2 Å². The first-order valence-corrected chi connectivity index (χ1v) is 17.1. The zero-order chi connectivity index (χ0) is 30.7. The first-order chi connectivity index (χ1) is 21.7. The van der Waals surface area contributed by atoms with Crippen LogP contribution in [0.2, 0.25) is 0 Å². The van der Waals surface area contributed by atoms with Crippen molar-refractivity contribution in [3.05, 3.63) is 126 Å². The number of hydrogen-bond acceptors (Lipinski definition) is 3. The summed E-state index contributed by atoms with van der Waals surface area (Å²) in [5, 5.41) is 1.33. The van der Waals surface area contributed by atoms with E-state index in [2.05, 4.69) is 154 Å². The molecule has 0 saturated carbocycles. The Morgan fingerprint density at radius 1 is 0.622 bits per heavy atom. The standard InChI is InChI=1S/C41H37BN2S/c1-26-22-34-37-35(23-26)44(28-16-10-7-11-17-28)38-29-18-12-13-19-36(29)45-39(38)42(37)32-24-30-31(41(4,5)21-20-40(30,2)3)25-33(32)43(34)27-14-8-6-9-15-27/h6-19,22-25H,20-21H2,1-5H3. The van der Waals surface area contributed by atoms with Gasteiger partial charge in [0.2, 0.25) is 0 Å². The van der Waals surface area contributed by atoms with Crippen molar-refractivity contribution >= 4 is 78.0 Å². The summed E-state index contributed by atoms with van der Waals surface area (Å²) in [6, 6.07) is 41.1. The fraction of sp³-hybridized carbons (Fsp3) is 0.220. The molecular weight excluding hydrogens is 563 g/mol. The molecule has 6 aromatic rings. The van der Waals surface area contributed by atoms with Crippen LogP contribution in [0.4, 0.5) is 34.1 Å². The first kappa shape index (κ1) is 27.1. The van der Waals surface area contributed by atoms with Crippen molar-refractivity contribution in [1.82, 2.24) is 0 Å². The van der Waals surface area contributed by atoms with Gasteiger partial charge in [-0.3, -0.25) is 0 Å². The largest absolute Gasteiger partial charge is 0.311 e. The summed E-state index contributed by atoms with van der Waals surface area (Å²) in [5.41, 5.74) is 15.1. The van der Waals surface area contributed by atoms with Crippen molar-refractivity contribution < 1.29 is 0 Å². The van der Waals surface area contributed by atoms with Crippen LogP contribution in [0.5, 0.6) is 0 Å². The van der Waals surface area contributed by atoms with Crippen molar-refractivity contribution in [3.63, 3.8) is 0 Å². The minimum Gasteiger partial charge on any atom is -0.311 e.